The third-order valence-corrected chi connectivity index (χ3v) is 10.6. The van der Waals surface area contributed by atoms with Crippen LogP contribution in [0.1, 0.15) is 90.7 Å². The van der Waals surface area contributed by atoms with Gasteiger partial charge in [-0.3, -0.25) is 0 Å². The molecule has 3 N–H and O–H groups in total. The van der Waals surface area contributed by atoms with Crippen LogP contribution in [0, 0.1) is 12.8 Å². The summed E-state index contributed by atoms with van der Waals surface area (Å²) in [6.45, 7) is 15.8. The smallest absolute Gasteiger partial charge is 0.349 e. The lowest BCUT2D eigenvalue weighted by Gasteiger charge is -2.42. The molecule has 1 aliphatic carbocycles. The molecule has 1 aliphatic heterocycles. The van der Waals surface area contributed by atoms with E-state index < -0.39 is 22.6 Å². The second-order valence-electron chi connectivity index (χ2n) is 12.7. The van der Waals surface area contributed by atoms with Gasteiger partial charge in [0, 0.05) is 17.0 Å². The minimum absolute atomic E-state index is 0.0833. The van der Waals surface area contributed by atoms with E-state index in [1.807, 2.05) is 56.3 Å². The van der Waals surface area contributed by atoms with Crippen LogP contribution in [0.4, 0.5) is 5.69 Å². The second kappa shape index (κ2) is 16.0. The Balaban J connectivity index is 0.00000124. The standard InChI is InChI=1S/C33H43NO4S2.C3H6O/c1-7-22(2)17-18-33(24-13-11-12-14-24)21-28(35)30(31(36)38-33)39-29-19-23(3)27(20-26(29)32(4,5)6)34-40(37)25-15-9-8-10-16-25;1-2-3-4/h7-10,15-16,19-20,24,34-35H,11-14,17-18,21H2,1-6H3;2,4H,1,3H2/b22-7+;. The van der Waals surface area contributed by atoms with E-state index in [2.05, 4.69) is 45.1 Å². The molecule has 2 unspecified atom stereocenters. The molecule has 2 aromatic rings. The van der Waals surface area contributed by atoms with E-state index in [4.69, 9.17) is 9.84 Å². The maximum absolute atomic E-state index is 13.6. The molecule has 2 aromatic carbocycles. The van der Waals surface area contributed by atoms with Gasteiger partial charge in [0.15, 0.2) is 0 Å². The number of cyclic esters (lactones) is 1. The van der Waals surface area contributed by atoms with Crippen molar-refractivity contribution < 1.29 is 24.0 Å². The van der Waals surface area contributed by atoms with Crippen LogP contribution >= 0.6 is 11.8 Å². The summed E-state index contributed by atoms with van der Waals surface area (Å²) in [6, 6.07) is 13.3. The number of aryl methyl sites for hydroxylation is 1. The van der Waals surface area contributed by atoms with Crippen molar-refractivity contribution in [3.8, 4) is 0 Å². The summed E-state index contributed by atoms with van der Waals surface area (Å²) in [4.78, 5) is 15.4. The van der Waals surface area contributed by atoms with Gasteiger partial charge in [0.05, 0.1) is 11.5 Å². The highest BCUT2D eigenvalue weighted by molar-refractivity contribution is 8.04. The molecule has 6 nitrogen and oxygen atoms in total. The predicted octanol–water partition coefficient (Wildman–Crippen LogP) is 9.08. The topological polar surface area (TPSA) is 95.9 Å². The molecule has 1 fully saturated rings. The third-order valence-electron chi connectivity index (χ3n) is 8.38. The Kier molecular flexibility index (Phi) is 12.9. The SMILES string of the molecule is C/C=C(\C)CCC1(C2CCCC2)CC(O)=C(Sc2cc(C)c(NS(=O)c3ccccc3)cc2C(C)(C)C)C(=O)O1.C=CCO. The first-order chi connectivity index (χ1) is 20.8. The Labute approximate surface area is 270 Å². The van der Waals surface area contributed by atoms with Gasteiger partial charge in [0.25, 0.3) is 0 Å². The summed E-state index contributed by atoms with van der Waals surface area (Å²) >= 11 is 1.28. The molecule has 2 aliphatic rings. The van der Waals surface area contributed by atoms with Crippen LogP contribution in [0.15, 0.2) is 87.2 Å². The van der Waals surface area contributed by atoms with E-state index in [-0.39, 0.29) is 28.6 Å². The van der Waals surface area contributed by atoms with Gasteiger partial charge in [-0.25, -0.2) is 9.00 Å². The fourth-order valence-electron chi connectivity index (χ4n) is 5.70. The Bertz CT molecular complexity index is 1390. The number of thioether (sulfide) groups is 1. The first-order valence-electron chi connectivity index (χ1n) is 15.4. The molecular formula is C36H49NO5S2. The largest absolute Gasteiger partial charge is 0.511 e. The molecule has 4 rings (SSSR count). The van der Waals surface area contributed by atoms with Crippen molar-refractivity contribution in [2.75, 3.05) is 11.3 Å². The monoisotopic (exact) mass is 639 g/mol. The van der Waals surface area contributed by atoms with Crippen LogP contribution in [0.2, 0.25) is 0 Å². The van der Waals surface area contributed by atoms with E-state index in [1.54, 1.807) is 0 Å². The average molecular weight is 640 g/mol. The first kappa shape index (κ1) is 35.7. The molecule has 240 valence electrons. The number of carbonyl (C=O) groups is 1. The Morgan fingerprint density at radius 3 is 2.39 bits per heavy atom. The number of hydrogen-bond donors (Lipinski definition) is 3. The molecule has 0 bridgehead atoms. The summed E-state index contributed by atoms with van der Waals surface area (Å²) in [7, 11) is -1.40. The normalized spacial score (nSPS) is 20.1. The quantitative estimate of drug-likeness (QED) is 0.177. The van der Waals surface area contributed by atoms with Crippen LogP contribution in [0.5, 0.6) is 0 Å². The van der Waals surface area contributed by atoms with E-state index in [0.29, 0.717) is 11.3 Å². The summed E-state index contributed by atoms with van der Waals surface area (Å²) < 4.78 is 22.5. The molecule has 1 saturated carbocycles. The van der Waals surface area contributed by atoms with Crippen LogP contribution in [0.3, 0.4) is 0 Å². The molecule has 8 heteroatoms. The third kappa shape index (κ3) is 9.11. The van der Waals surface area contributed by atoms with Crippen molar-refractivity contribution in [2.45, 2.75) is 107 Å². The van der Waals surface area contributed by atoms with E-state index in [0.717, 1.165) is 60.2 Å². The number of aliphatic hydroxyl groups is 2. The van der Waals surface area contributed by atoms with Gasteiger partial charge in [0.2, 0.25) is 0 Å². The maximum Gasteiger partial charge on any atom is 0.349 e. The number of ether oxygens (including phenoxy) is 1. The molecule has 2 atom stereocenters. The van der Waals surface area contributed by atoms with E-state index in [1.165, 1.54) is 23.4 Å². The summed E-state index contributed by atoms with van der Waals surface area (Å²) in [6.07, 6.45) is 9.82. The number of anilines is 1. The van der Waals surface area contributed by atoms with Gasteiger partial charge in [-0.1, -0.05) is 81.3 Å². The summed E-state index contributed by atoms with van der Waals surface area (Å²) in [5, 5.41) is 19.1. The molecular weight excluding hydrogens is 591 g/mol. The molecule has 44 heavy (non-hydrogen) atoms. The van der Waals surface area contributed by atoms with Crippen LogP contribution < -0.4 is 4.72 Å². The van der Waals surface area contributed by atoms with Crippen LogP contribution in [0.25, 0.3) is 0 Å². The minimum Gasteiger partial charge on any atom is -0.511 e. The molecule has 0 saturated heterocycles. The van der Waals surface area contributed by atoms with Gasteiger partial charge >= 0.3 is 5.97 Å². The average Bonchev–Trinajstić information content (AvgIpc) is 3.55. The number of hydrogen-bond acceptors (Lipinski definition) is 6. The Morgan fingerprint density at radius 1 is 1.20 bits per heavy atom. The number of carbonyl (C=O) groups excluding carboxylic acids is 1. The number of benzene rings is 2. The van der Waals surface area contributed by atoms with Crippen molar-refractivity contribution in [3.63, 3.8) is 0 Å². The van der Waals surface area contributed by atoms with Crippen LogP contribution in [-0.2, 0) is 25.9 Å². The second-order valence-corrected chi connectivity index (χ2v) is 15.0. The number of esters is 1. The number of nitrogens with one attached hydrogen (secondary N) is 1. The fourth-order valence-corrected chi connectivity index (χ4v) is 7.89. The number of rotatable bonds is 10. The summed E-state index contributed by atoms with van der Waals surface area (Å²) in [5.74, 6) is -0.0159. The lowest BCUT2D eigenvalue weighted by Crippen LogP contribution is -2.45. The predicted molar refractivity (Wildman–Crippen MR) is 183 cm³/mol. The van der Waals surface area contributed by atoms with Crippen molar-refractivity contribution in [2.24, 2.45) is 5.92 Å². The molecule has 0 radical (unpaired) electrons. The lowest BCUT2D eigenvalue weighted by molar-refractivity contribution is -0.166. The van der Waals surface area contributed by atoms with Gasteiger partial charge in [-0.2, -0.15) is 0 Å². The zero-order valence-electron chi connectivity index (χ0n) is 27.1. The molecule has 1 heterocycles. The van der Waals surface area contributed by atoms with Gasteiger partial charge < -0.3 is 19.7 Å². The zero-order chi connectivity index (χ0) is 32.5. The first-order valence-corrected chi connectivity index (χ1v) is 17.4. The van der Waals surface area contributed by atoms with Gasteiger partial charge in [-0.15, -0.1) is 6.58 Å². The molecule has 0 amide bonds. The highest BCUT2D eigenvalue weighted by Gasteiger charge is 2.48. The van der Waals surface area contributed by atoms with Crippen LogP contribution in [-0.4, -0.2) is 32.6 Å². The highest BCUT2D eigenvalue weighted by atomic mass is 32.2. The fraction of sp³-hybridized carbons (Fsp3) is 0.472. The zero-order valence-corrected chi connectivity index (χ0v) is 28.7. The number of aliphatic hydroxyl groups excluding tert-OH is 2. The summed E-state index contributed by atoms with van der Waals surface area (Å²) in [5.41, 5.74) is 3.05. The van der Waals surface area contributed by atoms with Crippen molar-refractivity contribution >= 4 is 34.4 Å². The Morgan fingerprint density at radius 2 is 1.84 bits per heavy atom. The molecule has 0 spiro atoms. The molecule has 0 aromatic heterocycles. The van der Waals surface area contributed by atoms with Gasteiger partial charge in [-0.05, 0) is 93.2 Å². The minimum atomic E-state index is -1.40. The van der Waals surface area contributed by atoms with Crippen molar-refractivity contribution in [3.05, 3.63) is 88.6 Å². The lowest BCUT2D eigenvalue weighted by atomic mass is 9.77. The van der Waals surface area contributed by atoms with Crippen molar-refractivity contribution in [1.82, 2.24) is 0 Å². The maximum atomic E-state index is 13.6. The van der Waals surface area contributed by atoms with E-state index >= 15 is 0 Å². The highest BCUT2D eigenvalue weighted by Crippen LogP contribution is 2.49. The van der Waals surface area contributed by atoms with Gasteiger partial charge in [0.1, 0.15) is 27.3 Å². The number of allylic oxidation sites excluding steroid dienone is 2. The van der Waals surface area contributed by atoms with E-state index in [9.17, 15) is 14.1 Å². The van der Waals surface area contributed by atoms with Crippen molar-refractivity contribution in [1.29, 1.82) is 0 Å². The Hall–Kier alpha value is -2.81.